The smallest absolute Gasteiger partial charge is 0.411 e. The Kier molecular flexibility index (Phi) is 5.19. The molecule has 0 aliphatic heterocycles. The van der Waals surface area contributed by atoms with E-state index in [-0.39, 0.29) is 11.8 Å². The second kappa shape index (κ2) is 7.31. The first-order valence-corrected chi connectivity index (χ1v) is 6.92. The molecule has 0 bridgehead atoms. The molecule has 116 valence electrons. The summed E-state index contributed by atoms with van der Waals surface area (Å²) in [5.74, 6) is -0.0142. The molecule has 0 saturated carbocycles. The van der Waals surface area contributed by atoms with E-state index in [4.69, 9.17) is 9.15 Å². The van der Waals surface area contributed by atoms with E-state index in [0.29, 0.717) is 23.5 Å². The zero-order valence-electron chi connectivity index (χ0n) is 12.5. The van der Waals surface area contributed by atoms with Crippen LogP contribution in [0.15, 0.2) is 47.3 Å². The van der Waals surface area contributed by atoms with Crippen molar-refractivity contribution in [1.82, 2.24) is 0 Å². The van der Waals surface area contributed by atoms with Crippen LogP contribution < -0.4 is 10.6 Å². The predicted octanol–water partition coefficient (Wildman–Crippen LogP) is 3.74. The third-order valence-electron chi connectivity index (χ3n) is 2.70. The van der Waals surface area contributed by atoms with Crippen LogP contribution in [0.5, 0.6) is 0 Å². The Morgan fingerprint density at radius 3 is 2.55 bits per heavy atom. The third kappa shape index (κ3) is 4.66. The minimum absolute atomic E-state index is 0.270. The topological polar surface area (TPSA) is 80.6 Å². The lowest BCUT2D eigenvalue weighted by molar-refractivity contribution is 0.102. The van der Waals surface area contributed by atoms with Crippen molar-refractivity contribution in [3.8, 4) is 0 Å². The zero-order valence-corrected chi connectivity index (χ0v) is 12.5. The number of hydrogen-bond acceptors (Lipinski definition) is 4. The minimum Gasteiger partial charge on any atom is -0.472 e. The molecule has 0 spiro atoms. The molecule has 6 nitrogen and oxygen atoms in total. The first-order valence-electron chi connectivity index (χ1n) is 6.92. The molecule has 2 N–H and O–H groups in total. The minimum atomic E-state index is -0.521. The van der Waals surface area contributed by atoms with Gasteiger partial charge in [0.25, 0.3) is 5.91 Å². The lowest BCUT2D eigenvalue weighted by atomic mass is 10.2. The molecule has 1 heterocycles. The van der Waals surface area contributed by atoms with Gasteiger partial charge in [-0.15, -0.1) is 0 Å². The number of hydrogen-bond donors (Lipinski definition) is 2. The van der Waals surface area contributed by atoms with Gasteiger partial charge in [0.15, 0.2) is 0 Å². The molecule has 0 fully saturated rings. The molecule has 2 rings (SSSR count). The number of rotatable bonds is 5. The summed E-state index contributed by atoms with van der Waals surface area (Å²) in [5, 5.41) is 5.33. The quantitative estimate of drug-likeness (QED) is 0.881. The number of nitrogens with one attached hydrogen (secondary N) is 2. The van der Waals surface area contributed by atoms with Crippen LogP contribution in [0.1, 0.15) is 24.2 Å². The van der Waals surface area contributed by atoms with Crippen LogP contribution in [0.4, 0.5) is 16.2 Å². The molecule has 6 heteroatoms. The van der Waals surface area contributed by atoms with E-state index < -0.39 is 6.09 Å². The van der Waals surface area contributed by atoms with Crippen molar-refractivity contribution in [1.29, 1.82) is 0 Å². The number of ether oxygens (including phenoxy) is 1. The fraction of sp³-hybridized carbons (Fsp3) is 0.250. The summed E-state index contributed by atoms with van der Waals surface area (Å²) in [7, 11) is 0. The van der Waals surface area contributed by atoms with Crippen LogP contribution in [0.25, 0.3) is 0 Å². The number of anilines is 2. The third-order valence-corrected chi connectivity index (χ3v) is 2.70. The Hall–Kier alpha value is -2.76. The van der Waals surface area contributed by atoms with Crippen molar-refractivity contribution in [3.63, 3.8) is 0 Å². The second-order valence-electron chi connectivity index (χ2n) is 5.16. The maximum absolute atomic E-state index is 11.9. The van der Waals surface area contributed by atoms with Crippen molar-refractivity contribution in [2.24, 2.45) is 5.92 Å². The highest BCUT2D eigenvalue weighted by atomic mass is 16.5. The fourth-order valence-electron chi connectivity index (χ4n) is 1.67. The molecule has 0 saturated heterocycles. The molecular weight excluding hydrogens is 284 g/mol. The molecule has 0 aliphatic carbocycles. The number of benzene rings is 1. The summed E-state index contributed by atoms with van der Waals surface area (Å²) in [5.41, 5.74) is 1.53. The highest BCUT2D eigenvalue weighted by Gasteiger charge is 2.09. The van der Waals surface area contributed by atoms with Crippen LogP contribution in [0.3, 0.4) is 0 Å². The predicted molar refractivity (Wildman–Crippen MR) is 82.9 cm³/mol. The van der Waals surface area contributed by atoms with Crippen molar-refractivity contribution >= 4 is 23.4 Å². The summed E-state index contributed by atoms with van der Waals surface area (Å²) < 4.78 is 9.90. The summed E-state index contributed by atoms with van der Waals surface area (Å²) >= 11 is 0. The highest BCUT2D eigenvalue weighted by Crippen LogP contribution is 2.16. The first-order chi connectivity index (χ1) is 10.5. The van der Waals surface area contributed by atoms with Gasteiger partial charge in [-0.25, -0.2) is 4.79 Å². The Morgan fingerprint density at radius 2 is 1.91 bits per heavy atom. The van der Waals surface area contributed by atoms with Crippen molar-refractivity contribution in [3.05, 3.63) is 48.4 Å². The summed E-state index contributed by atoms with van der Waals surface area (Å²) in [4.78, 5) is 23.5. The molecule has 0 unspecified atom stereocenters. The number of carbonyl (C=O) groups excluding carboxylic acids is 2. The zero-order chi connectivity index (χ0) is 15.9. The standard InChI is InChI=1S/C16H18N2O4/c1-11(2)9-22-16(20)18-14-5-3-4-13(8-14)17-15(19)12-6-7-21-10-12/h3-8,10-11H,9H2,1-2H3,(H,17,19)(H,18,20). The number of furan rings is 1. The number of amides is 2. The maximum atomic E-state index is 11.9. The maximum Gasteiger partial charge on any atom is 0.411 e. The van der Waals surface area contributed by atoms with Crippen molar-refractivity contribution < 1.29 is 18.7 Å². The van der Waals surface area contributed by atoms with E-state index in [9.17, 15) is 9.59 Å². The van der Waals surface area contributed by atoms with Gasteiger partial charge in [-0.1, -0.05) is 19.9 Å². The molecular formula is C16H18N2O4. The summed E-state index contributed by atoms with van der Waals surface area (Å²) in [6, 6.07) is 8.38. The largest absolute Gasteiger partial charge is 0.472 e. The SMILES string of the molecule is CC(C)COC(=O)Nc1cccc(NC(=O)c2ccoc2)c1. The summed E-state index contributed by atoms with van der Waals surface area (Å²) in [6.45, 7) is 4.27. The second-order valence-corrected chi connectivity index (χ2v) is 5.16. The number of carbonyl (C=O) groups is 2. The molecule has 22 heavy (non-hydrogen) atoms. The van der Waals surface area contributed by atoms with Gasteiger partial charge in [0.1, 0.15) is 6.26 Å². The van der Waals surface area contributed by atoms with Crippen LogP contribution in [0.2, 0.25) is 0 Å². The van der Waals surface area contributed by atoms with Gasteiger partial charge in [-0.2, -0.15) is 0 Å². The average molecular weight is 302 g/mol. The van der Waals surface area contributed by atoms with Gasteiger partial charge in [-0.3, -0.25) is 10.1 Å². The highest BCUT2D eigenvalue weighted by molar-refractivity contribution is 6.04. The van der Waals surface area contributed by atoms with E-state index in [1.165, 1.54) is 12.5 Å². The lowest BCUT2D eigenvalue weighted by Gasteiger charge is -2.10. The summed E-state index contributed by atoms with van der Waals surface area (Å²) in [6.07, 6.45) is 2.27. The average Bonchev–Trinajstić information content (AvgIpc) is 3.00. The van der Waals surface area contributed by atoms with E-state index in [1.54, 1.807) is 30.3 Å². The normalized spacial score (nSPS) is 10.3. The molecule has 0 radical (unpaired) electrons. The van der Waals surface area contributed by atoms with Crippen LogP contribution >= 0.6 is 0 Å². The van der Waals surface area contributed by atoms with E-state index >= 15 is 0 Å². The molecule has 2 amide bonds. The van der Waals surface area contributed by atoms with Gasteiger partial charge in [0.05, 0.1) is 18.4 Å². The van der Waals surface area contributed by atoms with E-state index in [2.05, 4.69) is 10.6 Å². The van der Waals surface area contributed by atoms with Gasteiger partial charge in [-0.05, 0) is 30.2 Å². The van der Waals surface area contributed by atoms with Gasteiger partial charge < -0.3 is 14.5 Å². The molecule has 2 aromatic rings. The Bertz CT molecular complexity index is 635. The molecule has 1 aromatic carbocycles. The van der Waals surface area contributed by atoms with Gasteiger partial charge in [0.2, 0.25) is 0 Å². The monoisotopic (exact) mass is 302 g/mol. The van der Waals surface area contributed by atoms with E-state index in [0.717, 1.165) is 0 Å². The molecule has 0 aliphatic rings. The van der Waals surface area contributed by atoms with Crippen molar-refractivity contribution in [2.45, 2.75) is 13.8 Å². The van der Waals surface area contributed by atoms with E-state index in [1.807, 2.05) is 13.8 Å². The van der Waals surface area contributed by atoms with Crippen molar-refractivity contribution in [2.75, 3.05) is 17.2 Å². The van der Waals surface area contributed by atoms with Crippen LogP contribution in [-0.2, 0) is 4.74 Å². The van der Waals surface area contributed by atoms with Crippen LogP contribution in [0, 0.1) is 5.92 Å². The van der Waals surface area contributed by atoms with Gasteiger partial charge in [0, 0.05) is 11.4 Å². The van der Waals surface area contributed by atoms with Crippen LogP contribution in [-0.4, -0.2) is 18.6 Å². The lowest BCUT2D eigenvalue weighted by Crippen LogP contribution is -2.17. The Morgan fingerprint density at radius 1 is 1.18 bits per heavy atom. The van der Waals surface area contributed by atoms with Gasteiger partial charge >= 0.3 is 6.09 Å². The fourth-order valence-corrected chi connectivity index (χ4v) is 1.67. The Labute approximate surface area is 128 Å². The Balaban J connectivity index is 1.95. The molecule has 1 aromatic heterocycles. The first kappa shape index (κ1) is 15.6. The molecule has 0 atom stereocenters.